The molecule has 1 N–H and O–H groups in total. The van der Waals surface area contributed by atoms with Crippen molar-refractivity contribution in [1.82, 2.24) is 4.90 Å². The molecule has 0 aromatic carbocycles. The van der Waals surface area contributed by atoms with Crippen molar-refractivity contribution >= 4 is 35.4 Å². The number of aliphatic carboxylic acids is 1. The van der Waals surface area contributed by atoms with E-state index < -0.39 is 11.6 Å². The molecule has 5 nitrogen and oxygen atoms in total. The number of carbonyl (C=O) groups excluding carboxylic acids is 1. The summed E-state index contributed by atoms with van der Waals surface area (Å²) in [5.74, 6) is -1.25. The van der Waals surface area contributed by atoms with E-state index in [0.717, 1.165) is 0 Å². The molecule has 0 radical (unpaired) electrons. The fourth-order valence-corrected chi connectivity index (χ4v) is 5.08. The summed E-state index contributed by atoms with van der Waals surface area (Å²) in [7, 11) is 0. The summed E-state index contributed by atoms with van der Waals surface area (Å²) in [5, 5.41) is 9.04. The molecule has 92 valence electrons. The zero-order valence-electron chi connectivity index (χ0n) is 9.30. The number of carboxylic acid groups (broad SMARTS) is 1. The number of carbonyl (C=O) groups is 2. The Kier molecular flexibility index (Phi) is 2.30. The van der Waals surface area contributed by atoms with Crippen LogP contribution in [0.1, 0.15) is 13.3 Å². The molecule has 0 aromatic rings. The molecular weight excluding hydrogens is 262 g/mol. The number of β-lactam (4-membered cyclic amide) rings is 1. The molecule has 2 saturated heterocycles. The zero-order valence-corrected chi connectivity index (χ0v) is 10.9. The van der Waals surface area contributed by atoms with Crippen molar-refractivity contribution in [1.29, 1.82) is 0 Å². The lowest BCUT2D eigenvalue weighted by Gasteiger charge is -2.53. The number of fused-ring (bicyclic) bond motifs is 1. The highest BCUT2D eigenvalue weighted by Gasteiger charge is 2.71. The van der Waals surface area contributed by atoms with Crippen LogP contribution in [0.3, 0.4) is 0 Å². The van der Waals surface area contributed by atoms with Gasteiger partial charge in [0.1, 0.15) is 16.5 Å². The van der Waals surface area contributed by atoms with E-state index in [4.69, 9.17) is 4.74 Å². The van der Waals surface area contributed by atoms with Crippen molar-refractivity contribution < 1.29 is 19.4 Å². The molecule has 0 saturated carbocycles. The van der Waals surface area contributed by atoms with Crippen molar-refractivity contribution in [2.45, 2.75) is 29.8 Å². The summed E-state index contributed by atoms with van der Waals surface area (Å²) < 4.78 is 5.85. The normalized spacial score (nSPS) is 38.5. The fourth-order valence-electron chi connectivity index (χ4n) is 2.51. The number of amides is 1. The lowest BCUT2D eigenvalue weighted by Crippen LogP contribution is -2.72. The molecule has 0 spiro atoms. The van der Waals surface area contributed by atoms with Crippen LogP contribution in [0, 0.1) is 0 Å². The van der Waals surface area contributed by atoms with Crippen molar-refractivity contribution in [3.63, 3.8) is 0 Å². The Bertz CT molecular complexity index is 463. The second kappa shape index (κ2) is 3.43. The average Bonchev–Trinajstić information content (AvgIpc) is 2.58. The Labute approximate surface area is 107 Å². The summed E-state index contributed by atoms with van der Waals surface area (Å²) in [5.41, 5.74) is -1.02. The van der Waals surface area contributed by atoms with Crippen LogP contribution in [-0.4, -0.2) is 44.5 Å². The van der Waals surface area contributed by atoms with Gasteiger partial charge >= 0.3 is 5.97 Å². The van der Waals surface area contributed by atoms with Crippen LogP contribution in [0.4, 0.5) is 0 Å². The summed E-state index contributed by atoms with van der Waals surface area (Å²) in [6.45, 7) is 1.90. The number of thioether (sulfide) groups is 2. The van der Waals surface area contributed by atoms with Gasteiger partial charge in [0, 0.05) is 0 Å². The molecule has 3 rings (SSSR count). The topological polar surface area (TPSA) is 66.8 Å². The fraction of sp³-hybridized carbons (Fsp3) is 0.600. The highest BCUT2D eigenvalue weighted by molar-refractivity contribution is 8.06. The monoisotopic (exact) mass is 273 g/mol. The van der Waals surface area contributed by atoms with Crippen LogP contribution in [0.15, 0.2) is 10.6 Å². The van der Waals surface area contributed by atoms with Crippen LogP contribution >= 0.6 is 23.5 Å². The van der Waals surface area contributed by atoms with Crippen molar-refractivity contribution in [3.05, 3.63) is 10.6 Å². The molecule has 1 amide bonds. The van der Waals surface area contributed by atoms with Gasteiger partial charge in [0.2, 0.25) is 0 Å². The molecule has 1 unspecified atom stereocenters. The first kappa shape index (κ1) is 11.4. The Morgan fingerprint density at radius 2 is 2.41 bits per heavy atom. The standard InChI is InChI=1S/C10H11NO4S2/c1-3-10-8(14)11-4(6(12)13)5(17-9(10)11)7(15-10)16-2/h7,9H,3H2,1-2H3,(H,12,13)/t7?,9-,10+/m0/s1. The summed E-state index contributed by atoms with van der Waals surface area (Å²) >= 11 is 2.89. The summed E-state index contributed by atoms with van der Waals surface area (Å²) in [6.07, 6.45) is 2.44. The number of carboxylic acids is 1. The number of ether oxygens (including phenoxy) is 1. The Morgan fingerprint density at radius 3 is 2.94 bits per heavy atom. The minimum absolute atomic E-state index is 0.117. The van der Waals surface area contributed by atoms with Crippen LogP contribution in [-0.2, 0) is 14.3 Å². The van der Waals surface area contributed by atoms with E-state index in [2.05, 4.69) is 0 Å². The van der Waals surface area contributed by atoms with Crippen molar-refractivity contribution in [2.75, 3.05) is 6.26 Å². The largest absolute Gasteiger partial charge is 0.477 e. The second-order valence-electron chi connectivity index (χ2n) is 4.09. The molecule has 17 heavy (non-hydrogen) atoms. The highest BCUT2D eigenvalue weighted by Crippen LogP contribution is 2.61. The van der Waals surface area contributed by atoms with E-state index in [1.54, 1.807) is 0 Å². The molecule has 7 heteroatoms. The van der Waals surface area contributed by atoms with Crippen LogP contribution in [0.25, 0.3) is 0 Å². The third-order valence-electron chi connectivity index (χ3n) is 3.40. The maximum absolute atomic E-state index is 12.1. The molecule has 0 aliphatic carbocycles. The Balaban J connectivity index is 2.11. The van der Waals surface area contributed by atoms with Crippen LogP contribution in [0.5, 0.6) is 0 Å². The van der Waals surface area contributed by atoms with Gasteiger partial charge in [0.15, 0.2) is 5.60 Å². The third kappa shape index (κ3) is 1.12. The zero-order chi connectivity index (χ0) is 12.4. The lowest BCUT2D eigenvalue weighted by atomic mass is 9.89. The highest BCUT2D eigenvalue weighted by atomic mass is 32.2. The molecule has 3 aliphatic rings. The molecule has 3 atom stereocenters. The molecule has 0 aromatic heterocycles. The van der Waals surface area contributed by atoms with E-state index in [0.29, 0.717) is 11.3 Å². The van der Waals surface area contributed by atoms with E-state index in [1.165, 1.54) is 28.4 Å². The van der Waals surface area contributed by atoms with E-state index >= 15 is 0 Å². The van der Waals surface area contributed by atoms with Gasteiger partial charge in [-0.25, -0.2) is 4.79 Å². The smallest absolute Gasteiger partial charge is 0.353 e. The second-order valence-corrected chi connectivity index (χ2v) is 6.11. The molecular formula is C10H11NO4S2. The summed E-state index contributed by atoms with van der Waals surface area (Å²) in [6, 6.07) is 0. The van der Waals surface area contributed by atoms with Crippen molar-refractivity contribution in [2.24, 2.45) is 0 Å². The Hall–Kier alpha value is -0.660. The number of hydrogen-bond acceptors (Lipinski definition) is 5. The van der Waals surface area contributed by atoms with Gasteiger partial charge < -0.3 is 9.84 Å². The molecule has 2 bridgehead atoms. The van der Waals surface area contributed by atoms with Gasteiger partial charge in [-0.15, -0.1) is 11.8 Å². The first-order chi connectivity index (χ1) is 8.06. The van der Waals surface area contributed by atoms with Gasteiger partial charge in [0.05, 0.1) is 4.91 Å². The third-order valence-corrected chi connectivity index (χ3v) is 5.79. The maximum atomic E-state index is 12.1. The minimum Gasteiger partial charge on any atom is -0.477 e. The summed E-state index contributed by atoms with van der Waals surface area (Å²) in [4.78, 5) is 25.4. The van der Waals surface area contributed by atoms with E-state index in [-0.39, 0.29) is 22.4 Å². The van der Waals surface area contributed by atoms with E-state index in [9.17, 15) is 14.7 Å². The first-order valence-corrected chi connectivity index (χ1v) is 7.42. The average molecular weight is 273 g/mol. The molecule has 2 fully saturated rings. The van der Waals surface area contributed by atoms with Gasteiger partial charge in [-0.1, -0.05) is 18.7 Å². The van der Waals surface area contributed by atoms with Crippen molar-refractivity contribution in [3.8, 4) is 0 Å². The number of rotatable bonds is 3. The predicted octanol–water partition coefficient (Wildman–Crippen LogP) is 1.07. The SMILES string of the molecule is CC[C@@]12OC(SC)C3=C(C(=O)O)N(C1=O)[C@H]2S3. The molecule has 3 aliphatic heterocycles. The quantitative estimate of drug-likeness (QED) is 0.776. The van der Waals surface area contributed by atoms with Crippen LogP contribution in [0.2, 0.25) is 0 Å². The number of hydrogen-bond donors (Lipinski definition) is 1. The maximum Gasteiger partial charge on any atom is 0.353 e. The Morgan fingerprint density at radius 1 is 1.71 bits per heavy atom. The number of nitrogens with zero attached hydrogens (tertiary/aromatic N) is 1. The lowest BCUT2D eigenvalue weighted by molar-refractivity contribution is -0.187. The predicted molar refractivity (Wildman–Crippen MR) is 64.3 cm³/mol. The minimum atomic E-state index is -1.04. The van der Waals surface area contributed by atoms with Gasteiger partial charge in [-0.05, 0) is 12.7 Å². The van der Waals surface area contributed by atoms with Gasteiger partial charge in [-0.2, -0.15) is 0 Å². The first-order valence-electron chi connectivity index (χ1n) is 5.25. The van der Waals surface area contributed by atoms with E-state index in [1.807, 2.05) is 13.2 Å². The van der Waals surface area contributed by atoms with Gasteiger partial charge in [-0.3, -0.25) is 9.69 Å². The molecule has 3 heterocycles. The van der Waals surface area contributed by atoms with Gasteiger partial charge in [0.25, 0.3) is 5.91 Å². The van der Waals surface area contributed by atoms with Crippen LogP contribution < -0.4 is 0 Å².